The van der Waals surface area contributed by atoms with Gasteiger partial charge in [0.15, 0.2) is 0 Å². The summed E-state index contributed by atoms with van der Waals surface area (Å²) in [5, 5.41) is 12.8. The van der Waals surface area contributed by atoms with Crippen LogP contribution in [0.4, 0.5) is 0 Å². The lowest BCUT2D eigenvalue weighted by atomic mass is 10.0. The monoisotopic (exact) mass is 409 g/mol. The maximum atomic E-state index is 9.36. The highest BCUT2D eigenvalue weighted by atomic mass is 15.2. The minimum absolute atomic E-state index is 0.562. The summed E-state index contributed by atoms with van der Waals surface area (Å²) in [7, 11) is 0. The van der Waals surface area contributed by atoms with Gasteiger partial charge in [-0.25, -0.2) is 4.98 Å². The average Bonchev–Trinajstić information content (AvgIpc) is 3.21. The van der Waals surface area contributed by atoms with Gasteiger partial charge in [0.05, 0.1) is 16.6 Å². The Balaban J connectivity index is 1.36. The summed E-state index contributed by atoms with van der Waals surface area (Å²) >= 11 is 0. The number of imidazole rings is 1. The van der Waals surface area contributed by atoms with Crippen molar-refractivity contribution in [1.29, 1.82) is 5.26 Å². The van der Waals surface area contributed by atoms with Crippen molar-refractivity contribution in [3.63, 3.8) is 0 Å². The summed E-state index contributed by atoms with van der Waals surface area (Å²) < 4.78 is 0. The normalized spacial score (nSPS) is 14.5. The van der Waals surface area contributed by atoms with Gasteiger partial charge >= 0.3 is 0 Å². The molecule has 0 atom stereocenters. The Kier molecular flexibility index (Phi) is 5.40. The fourth-order valence-corrected chi connectivity index (χ4v) is 4.07. The Bertz CT molecular complexity index is 1250. The molecule has 1 aliphatic rings. The maximum absolute atomic E-state index is 9.36. The van der Waals surface area contributed by atoms with Gasteiger partial charge in [-0.05, 0) is 41.5 Å². The molecule has 154 valence electrons. The van der Waals surface area contributed by atoms with E-state index in [2.05, 4.69) is 43.4 Å². The SMILES string of the molecule is N#Cc1cnccc1-c1ccc2nc(Cc3cc(CN4CCNCC4)ccn3)[nH]c2c1. The first-order valence-corrected chi connectivity index (χ1v) is 10.5. The van der Waals surface area contributed by atoms with Crippen molar-refractivity contribution in [2.45, 2.75) is 13.0 Å². The molecule has 0 saturated carbocycles. The molecular weight excluding hydrogens is 386 g/mol. The van der Waals surface area contributed by atoms with Crippen LogP contribution in [0.25, 0.3) is 22.2 Å². The van der Waals surface area contributed by atoms with Gasteiger partial charge in [-0.15, -0.1) is 0 Å². The third-order valence-corrected chi connectivity index (χ3v) is 5.63. The number of H-pyrrole nitrogens is 1. The predicted molar refractivity (Wildman–Crippen MR) is 119 cm³/mol. The Morgan fingerprint density at radius 2 is 1.97 bits per heavy atom. The fraction of sp³-hybridized carbons (Fsp3) is 0.250. The average molecular weight is 409 g/mol. The molecule has 0 spiro atoms. The number of pyridine rings is 2. The lowest BCUT2D eigenvalue weighted by molar-refractivity contribution is 0.233. The molecule has 0 amide bonds. The third kappa shape index (κ3) is 4.31. The summed E-state index contributed by atoms with van der Waals surface area (Å²) in [6.07, 6.45) is 5.84. The standard InChI is InChI=1S/C24H23N7/c25-14-19-15-27-5-4-21(19)18-1-2-22-23(12-18)30-24(29-22)13-20-11-17(3-6-28-20)16-31-9-7-26-8-10-31/h1-6,11-12,15,26H,7-10,13,16H2,(H,29,30). The number of aromatic nitrogens is 4. The molecule has 4 aromatic rings. The molecule has 5 rings (SSSR count). The lowest BCUT2D eigenvalue weighted by Crippen LogP contribution is -2.42. The van der Waals surface area contributed by atoms with E-state index in [0.717, 1.165) is 66.4 Å². The van der Waals surface area contributed by atoms with Crippen LogP contribution in [-0.4, -0.2) is 51.0 Å². The van der Waals surface area contributed by atoms with E-state index in [0.29, 0.717) is 12.0 Å². The van der Waals surface area contributed by atoms with Gasteiger partial charge in [0.1, 0.15) is 11.9 Å². The Morgan fingerprint density at radius 1 is 1.06 bits per heavy atom. The zero-order valence-electron chi connectivity index (χ0n) is 17.2. The molecule has 0 radical (unpaired) electrons. The topological polar surface area (TPSA) is 93.5 Å². The smallest absolute Gasteiger partial charge is 0.113 e. The van der Waals surface area contributed by atoms with E-state index in [1.807, 2.05) is 30.5 Å². The predicted octanol–water partition coefficient (Wildman–Crippen LogP) is 2.89. The van der Waals surface area contributed by atoms with Gasteiger partial charge in [0.25, 0.3) is 0 Å². The van der Waals surface area contributed by atoms with E-state index < -0.39 is 0 Å². The second kappa shape index (κ2) is 8.64. The third-order valence-electron chi connectivity index (χ3n) is 5.63. The molecule has 1 aromatic carbocycles. The van der Waals surface area contributed by atoms with E-state index in [1.54, 1.807) is 12.4 Å². The largest absolute Gasteiger partial charge is 0.342 e. The number of benzene rings is 1. The Hall–Kier alpha value is -3.60. The minimum atomic E-state index is 0.562. The van der Waals surface area contributed by atoms with E-state index in [-0.39, 0.29) is 0 Å². The number of fused-ring (bicyclic) bond motifs is 1. The first-order chi connectivity index (χ1) is 15.3. The van der Waals surface area contributed by atoms with Crippen LogP contribution in [0.3, 0.4) is 0 Å². The second-order valence-electron chi connectivity index (χ2n) is 7.81. The Morgan fingerprint density at radius 3 is 2.84 bits per heavy atom. The molecule has 0 bridgehead atoms. The number of aromatic amines is 1. The molecule has 7 nitrogen and oxygen atoms in total. The van der Waals surface area contributed by atoms with Crippen LogP contribution in [0.5, 0.6) is 0 Å². The van der Waals surface area contributed by atoms with Crippen LogP contribution in [0.2, 0.25) is 0 Å². The van der Waals surface area contributed by atoms with E-state index >= 15 is 0 Å². The van der Waals surface area contributed by atoms with Gasteiger partial charge in [0, 0.05) is 69.0 Å². The van der Waals surface area contributed by atoms with Crippen LogP contribution in [-0.2, 0) is 13.0 Å². The maximum Gasteiger partial charge on any atom is 0.113 e. The molecule has 7 heteroatoms. The van der Waals surface area contributed by atoms with Crippen molar-refractivity contribution in [1.82, 2.24) is 30.2 Å². The fourth-order valence-electron chi connectivity index (χ4n) is 4.07. The van der Waals surface area contributed by atoms with Gasteiger partial charge < -0.3 is 10.3 Å². The molecule has 2 N–H and O–H groups in total. The first kappa shape index (κ1) is 19.4. The zero-order valence-corrected chi connectivity index (χ0v) is 17.2. The first-order valence-electron chi connectivity index (χ1n) is 10.5. The lowest BCUT2D eigenvalue weighted by Gasteiger charge is -2.27. The highest BCUT2D eigenvalue weighted by Crippen LogP contribution is 2.26. The number of hydrogen-bond acceptors (Lipinski definition) is 6. The summed E-state index contributed by atoms with van der Waals surface area (Å²) in [6, 6.07) is 14.4. The molecular formula is C24H23N7. The quantitative estimate of drug-likeness (QED) is 0.526. The number of nitriles is 1. The molecule has 1 fully saturated rings. The van der Waals surface area contributed by atoms with Crippen LogP contribution < -0.4 is 5.32 Å². The van der Waals surface area contributed by atoms with Crippen LogP contribution >= 0.6 is 0 Å². The molecule has 1 saturated heterocycles. The highest BCUT2D eigenvalue weighted by Gasteiger charge is 2.12. The van der Waals surface area contributed by atoms with Crippen molar-refractivity contribution in [3.8, 4) is 17.2 Å². The number of nitrogens with zero attached hydrogens (tertiary/aromatic N) is 5. The van der Waals surface area contributed by atoms with Crippen molar-refractivity contribution >= 4 is 11.0 Å². The van der Waals surface area contributed by atoms with Crippen molar-refractivity contribution < 1.29 is 0 Å². The van der Waals surface area contributed by atoms with Crippen LogP contribution in [0, 0.1) is 11.3 Å². The summed E-state index contributed by atoms with van der Waals surface area (Å²) in [4.78, 5) is 19.2. The molecule has 0 unspecified atom stereocenters. The molecule has 1 aliphatic heterocycles. The molecule has 0 aliphatic carbocycles. The van der Waals surface area contributed by atoms with E-state index in [4.69, 9.17) is 4.98 Å². The number of rotatable bonds is 5. The van der Waals surface area contributed by atoms with Crippen molar-refractivity contribution in [3.05, 3.63) is 77.6 Å². The van der Waals surface area contributed by atoms with E-state index in [1.165, 1.54) is 5.56 Å². The van der Waals surface area contributed by atoms with Crippen molar-refractivity contribution in [2.75, 3.05) is 26.2 Å². The van der Waals surface area contributed by atoms with E-state index in [9.17, 15) is 5.26 Å². The van der Waals surface area contributed by atoms with Crippen molar-refractivity contribution in [2.24, 2.45) is 0 Å². The van der Waals surface area contributed by atoms with Crippen LogP contribution in [0.1, 0.15) is 22.6 Å². The van der Waals surface area contributed by atoms with Gasteiger partial charge in [-0.1, -0.05) is 6.07 Å². The number of nitrogens with one attached hydrogen (secondary N) is 2. The molecule has 31 heavy (non-hydrogen) atoms. The van der Waals surface area contributed by atoms with Crippen LogP contribution in [0.15, 0.2) is 55.0 Å². The Labute approximate surface area is 180 Å². The van der Waals surface area contributed by atoms with Gasteiger partial charge in [-0.2, -0.15) is 5.26 Å². The van der Waals surface area contributed by atoms with Gasteiger partial charge in [0.2, 0.25) is 0 Å². The molecule has 3 aromatic heterocycles. The summed E-state index contributed by atoms with van der Waals surface area (Å²) in [6.45, 7) is 5.21. The second-order valence-corrected chi connectivity index (χ2v) is 7.81. The van der Waals surface area contributed by atoms with Gasteiger partial charge in [-0.3, -0.25) is 14.9 Å². The zero-order chi connectivity index (χ0) is 21.0. The minimum Gasteiger partial charge on any atom is -0.342 e. The number of hydrogen-bond donors (Lipinski definition) is 2. The summed E-state index contributed by atoms with van der Waals surface area (Å²) in [5.41, 5.74) is 6.55. The number of piperazine rings is 1. The summed E-state index contributed by atoms with van der Waals surface area (Å²) in [5.74, 6) is 0.884. The highest BCUT2D eigenvalue weighted by molar-refractivity contribution is 5.83. The molecule has 4 heterocycles.